The Morgan fingerprint density at radius 3 is 1.67 bits per heavy atom. The zero-order valence-corrected chi connectivity index (χ0v) is 20.7. The first-order chi connectivity index (χ1) is 16.3. The number of nitrogens with zero attached hydrogens (tertiary/aromatic N) is 3. The van der Waals surface area contributed by atoms with Crippen molar-refractivity contribution in [3.05, 3.63) is 66.1 Å². The number of aryl methyl sites for hydroxylation is 2. The van der Waals surface area contributed by atoms with Crippen molar-refractivity contribution < 1.29 is 0 Å². The molecule has 3 heteroatoms. The van der Waals surface area contributed by atoms with E-state index in [1.807, 2.05) is 18.6 Å². The van der Waals surface area contributed by atoms with Gasteiger partial charge in [0, 0.05) is 29.7 Å². The molecular formula is C30H41N3. The van der Waals surface area contributed by atoms with E-state index in [0.29, 0.717) is 0 Å². The Morgan fingerprint density at radius 1 is 0.485 bits per heavy atom. The molecule has 0 amide bonds. The van der Waals surface area contributed by atoms with E-state index >= 15 is 0 Å². The summed E-state index contributed by atoms with van der Waals surface area (Å²) in [5.74, 6) is 0.750. The number of unbranched alkanes of at least 4 members (excludes halogenated alkanes) is 9. The Labute approximate surface area is 201 Å². The van der Waals surface area contributed by atoms with Crippen molar-refractivity contribution >= 4 is 0 Å². The predicted molar refractivity (Wildman–Crippen MR) is 140 cm³/mol. The molecule has 0 unspecified atom stereocenters. The van der Waals surface area contributed by atoms with Gasteiger partial charge in [-0.2, -0.15) is 0 Å². The van der Waals surface area contributed by atoms with Gasteiger partial charge >= 0.3 is 0 Å². The van der Waals surface area contributed by atoms with Gasteiger partial charge in [0.1, 0.15) is 0 Å². The average molecular weight is 444 g/mol. The van der Waals surface area contributed by atoms with Crippen LogP contribution in [0.1, 0.15) is 95.6 Å². The van der Waals surface area contributed by atoms with Crippen LogP contribution in [0.2, 0.25) is 0 Å². The van der Waals surface area contributed by atoms with E-state index in [4.69, 9.17) is 0 Å². The van der Waals surface area contributed by atoms with Crippen LogP contribution < -0.4 is 0 Å². The lowest BCUT2D eigenvalue weighted by Gasteiger charge is -2.06. The highest BCUT2D eigenvalue weighted by atomic mass is 14.9. The van der Waals surface area contributed by atoms with Crippen molar-refractivity contribution in [2.24, 2.45) is 0 Å². The topological polar surface area (TPSA) is 38.7 Å². The number of hydrogen-bond acceptors (Lipinski definition) is 3. The molecular weight excluding hydrogens is 402 g/mol. The zero-order chi connectivity index (χ0) is 23.1. The lowest BCUT2D eigenvalue weighted by atomic mass is 10.0. The summed E-state index contributed by atoms with van der Waals surface area (Å²) >= 11 is 0. The van der Waals surface area contributed by atoms with Crippen LogP contribution in [0.25, 0.3) is 22.6 Å². The predicted octanol–water partition coefficient (Wildman–Crippen LogP) is 8.62. The van der Waals surface area contributed by atoms with Crippen LogP contribution in [0.5, 0.6) is 0 Å². The molecule has 2 aromatic heterocycles. The number of hydrogen-bond donors (Lipinski definition) is 0. The fraction of sp³-hybridized carbons (Fsp3) is 0.500. The smallest absolute Gasteiger partial charge is 0.160 e. The first-order valence-electron chi connectivity index (χ1n) is 13.2. The summed E-state index contributed by atoms with van der Waals surface area (Å²) in [5, 5.41) is 0. The van der Waals surface area contributed by atoms with Gasteiger partial charge in [-0.3, -0.25) is 4.98 Å². The monoisotopic (exact) mass is 443 g/mol. The van der Waals surface area contributed by atoms with Gasteiger partial charge in [0.15, 0.2) is 5.82 Å². The molecule has 2 heterocycles. The second-order valence-corrected chi connectivity index (χ2v) is 9.23. The molecule has 0 aliphatic carbocycles. The van der Waals surface area contributed by atoms with E-state index in [2.05, 4.69) is 65.2 Å². The number of aromatic nitrogens is 3. The fourth-order valence-electron chi connectivity index (χ4n) is 4.21. The Morgan fingerprint density at radius 2 is 1.03 bits per heavy atom. The third kappa shape index (κ3) is 8.72. The van der Waals surface area contributed by atoms with Crippen LogP contribution in [0, 0.1) is 0 Å². The van der Waals surface area contributed by atoms with Gasteiger partial charge in [-0.25, -0.2) is 9.97 Å². The fourth-order valence-corrected chi connectivity index (χ4v) is 4.21. The third-order valence-corrected chi connectivity index (χ3v) is 6.36. The lowest BCUT2D eigenvalue weighted by molar-refractivity contribution is 0.575. The van der Waals surface area contributed by atoms with E-state index in [0.717, 1.165) is 35.5 Å². The van der Waals surface area contributed by atoms with Gasteiger partial charge in [0.25, 0.3) is 0 Å². The molecule has 0 fully saturated rings. The third-order valence-electron chi connectivity index (χ3n) is 6.36. The standard InChI is InChI=1S/C30H41N3/c1-3-5-7-8-9-10-11-13-15-26-22-32-30(33-23-26)28-20-21-29(31-24-28)27-18-16-25(17-19-27)14-12-6-4-2/h16-24H,3-15H2,1-2H3. The maximum Gasteiger partial charge on any atom is 0.160 e. The highest BCUT2D eigenvalue weighted by Crippen LogP contribution is 2.22. The van der Waals surface area contributed by atoms with Crippen molar-refractivity contribution in [1.82, 2.24) is 15.0 Å². The molecule has 3 nitrogen and oxygen atoms in total. The maximum atomic E-state index is 4.67. The molecule has 0 atom stereocenters. The molecule has 0 radical (unpaired) electrons. The molecule has 0 spiro atoms. The van der Waals surface area contributed by atoms with E-state index in [1.54, 1.807) is 0 Å². The van der Waals surface area contributed by atoms with Crippen LogP contribution in [-0.2, 0) is 12.8 Å². The first kappa shape index (κ1) is 25.1. The summed E-state index contributed by atoms with van der Waals surface area (Å²) in [6.07, 6.45) is 22.7. The molecule has 1 aromatic carbocycles. The average Bonchev–Trinajstić information content (AvgIpc) is 2.87. The van der Waals surface area contributed by atoms with E-state index in [-0.39, 0.29) is 0 Å². The summed E-state index contributed by atoms with van der Waals surface area (Å²) in [6.45, 7) is 4.52. The minimum absolute atomic E-state index is 0.750. The van der Waals surface area contributed by atoms with Crippen LogP contribution in [0.3, 0.4) is 0 Å². The van der Waals surface area contributed by atoms with E-state index in [9.17, 15) is 0 Å². The van der Waals surface area contributed by atoms with Crippen LogP contribution in [0.15, 0.2) is 55.0 Å². The van der Waals surface area contributed by atoms with Crippen LogP contribution in [0.4, 0.5) is 0 Å². The van der Waals surface area contributed by atoms with Crippen molar-refractivity contribution in [3.8, 4) is 22.6 Å². The van der Waals surface area contributed by atoms with Gasteiger partial charge in [0.05, 0.1) is 5.69 Å². The van der Waals surface area contributed by atoms with Crippen molar-refractivity contribution in [3.63, 3.8) is 0 Å². The van der Waals surface area contributed by atoms with Gasteiger partial charge < -0.3 is 0 Å². The normalized spacial score (nSPS) is 11.1. The van der Waals surface area contributed by atoms with Crippen LogP contribution >= 0.6 is 0 Å². The molecule has 0 aliphatic heterocycles. The Bertz CT molecular complexity index is 899. The first-order valence-corrected chi connectivity index (χ1v) is 13.2. The van der Waals surface area contributed by atoms with E-state index < -0.39 is 0 Å². The quantitative estimate of drug-likeness (QED) is 0.221. The Hall–Kier alpha value is -2.55. The molecule has 0 bridgehead atoms. The summed E-state index contributed by atoms with van der Waals surface area (Å²) in [5.41, 5.74) is 5.75. The van der Waals surface area contributed by atoms with Crippen LogP contribution in [-0.4, -0.2) is 15.0 Å². The van der Waals surface area contributed by atoms with Crippen molar-refractivity contribution in [2.75, 3.05) is 0 Å². The lowest BCUT2D eigenvalue weighted by Crippen LogP contribution is -1.94. The Kier molecular flexibility index (Phi) is 11.1. The van der Waals surface area contributed by atoms with Gasteiger partial charge in [-0.1, -0.05) is 95.9 Å². The summed E-state index contributed by atoms with van der Waals surface area (Å²) < 4.78 is 0. The summed E-state index contributed by atoms with van der Waals surface area (Å²) in [4.78, 5) is 13.9. The van der Waals surface area contributed by atoms with Gasteiger partial charge in [-0.15, -0.1) is 0 Å². The minimum Gasteiger partial charge on any atom is -0.255 e. The Balaban J connectivity index is 1.45. The van der Waals surface area contributed by atoms with Crippen molar-refractivity contribution in [2.45, 2.75) is 97.3 Å². The molecule has 3 aromatic rings. The minimum atomic E-state index is 0.750. The summed E-state index contributed by atoms with van der Waals surface area (Å²) in [7, 11) is 0. The molecule has 176 valence electrons. The van der Waals surface area contributed by atoms with E-state index in [1.165, 1.54) is 81.8 Å². The SMILES string of the molecule is CCCCCCCCCCc1cnc(-c2ccc(-c3ccc(CCCCC)cc3)nc2)nc1. The molecule has 0 saturated heterocycles. The maximum absolute atomic E-state index is 4.67. The number of benzene rings is 1. The largest absolute Gasteiger partial charge is 0.255 e. The molecule has 0 aliphatic rings. The zero-order valence-electron chi connectivity index (χ0n) is 20.7. The number of rotatable bonds is 15. The van der Waals surface area contributed by atoms with Gasteiger partial charge in [0.2, 0.25) is 0 Å². The highest BCUT2D eigenvalue weighted by Gasteiger charge is 2.05. The molecule has 33 heavy (non-hydrogen) atoms. The second-order valence-electron chi connectivity index (χ2n) is 9.23. The van der Waals surface area contributed by atoms with Gasteiger partial charge in [-0.05, 0) is 48.9 Å². The highest BCUT2D eigenvalue weighted by molar-refractivity contribution is 5.63. The molecule has 3 rings (SSSR count). The number of pyridine rings is 1. The molecule has 0 saturated carbocycles. The van der Waals surface area contributed by atoms with Crippen molar-refractivity contribution in [1.29, 1.82) is 0 Å². The molecule has 0 N–H and O–H groups in total. The second kappa shape index (κ2) is 14.6. The summed E-state index contributed by atoms with van der Waals surface area (Å²) in [6, 6.07) is 13.0.